The van der Waals surface area contributed by atoms with Crippen LogP contribution in [0.5, 0.6) is 0 Å². The van der Waals surface area contributed by atoms with Crippen molar-refractivity contribution >= 4 is 23.4 Å². The molecule has 0 atom stereocenters. The molecule has 6 heteroatoms. The van der Waals surface area contributed by atoms with Crippen LogP contribution >= 0.6 is 0 Å². The number of pyridine rings is 1. The van der Waals surface area contributed by atoms with Crippen molar-refractivity contribution in [1.29, 1.82) is 0 Å². The molecule has 2 aromatic carbocycles. The Labute approximate surface area is 155 Å². The van der Waals surface area contributed by atoms with E-state index in [1.54, 1.807) is 18.3 Å². The van der Waals surface area contributed by atoms with E-state index in [9.17, 15) is 10.1 Å². The highest BCUT2D eigenvalue weighted by Crippen LogP contribution is 2.31. The lowest BCUT2D eigenvalue weighted by molar-refractivity contribution is -0.384. The summed E-state index contributed by atoms with van der Waals surface area (Å²) in [5.74, 6) is 0.683. The minimum absolute atomic E-state index is 0.0380. The number of hydrogen-bond acceptors (Lipinski definition) is 4. The van der Waals surface area contributed by atoms with E-state index in [1.807, 2.05) is 60.0 Å². The molecular weight excluding hydrogens is 340 g/mol. The molecule has 0 spiro atoms. The lowest BCUT2D eigenvalue weighted by atomic mass is 10.1. The Kier molecular flexibility index (Phi) is 4.22. The van der Waals surface area contributed by atoms with Gasteiger partial charge in [0.15, 0.2) is 5.82 Å². The van der Waals surface area contributed by atoms with Crippen molar-refractivity contribution < 1.29 is 4.92 Å². The standard InChI is InChI=1S/C21H16N4O2/c1-15-10-11-24-19(12-15)23-20(17-7-3-2-4-8-17)21(24)22-14-16-6-5-9-18(13-16)25(26)27/h2-14H,1H3. The Morgan fingerprint density at radius 3 is 2.67 bits per heavy atom. The van der Waals surface area contributed by atoms with Crippen molar-refractivity contribution in [2.75, 3.05) is 0 Å². The van der Waals surface area contributed by atoms with E-state index >= 15 is 0 Å². The third-order valence-corrected chi connectivity index (χ3v) is 4.22. The van der Waals surface area contributed by atoms with E-state index in [4.69, 9.17) is 4.98 Å². The van der Waals surface area contributed by atoms with E-state index in [0.717, 1.165) is 22.5 Å². The quantitative estimate of drug-likeness (QED) is 0.294. The minimum Gasteiger partial charge on any atom is -0.284 e. The molecule has 0 radical (unpaired) electrons. The summed E-state index contributed by atoms with van der Waals surface area (Å²) < 4.78 is 1.92. The molecule has 4 aromatic rings. The first-order valence-electron chi connectivity index (χ1n) is 8.44. The van der Waals surface area contributed by atoms with Crippen molar-refractivity contribution in [3.05, 3.63) is 94.2 Å². The van der Waals surface area contributed by atoms with Crippen LogP contribution in [0.4, 0.5) is 11.5 Å². The van der Waals surface area contributed by atoms with Crippen molar-refractivity contribution in [1.82, 2.24) is 9.38 Å². The number of nitro groups is 1. The molecule has 27 heavy (non-hydrogen) atoms. The molecule has 0 amide bonds. The van der Waals surface area contributed by atoms with E-state index in [0.29, 0.717) is 11.4 Å². The molecule has 2 aromatic heterocycles. The number of rotatable bonds is 4. The maximum Gasteiger partial charge on any atom is 0.270 e. The van der Waals surface area contributed by atoms with Gasteiger partial charge in [0.1, 0.15) is 11.3 Å². The second kappa shape index (κ2) is 6.84. The predicted molar refractivity (Wildman–Crippen MR) is 106 cm³/mol. The highest BCUT2D eigenvalue weighted by molar-refractivity contribution is 5.85. The summed E-state index contributed by atoms with van der Waals surface area (Å²) in [6.45, 7) is 2.02. The van der Waals surface area contributed by atoms with Gasteiger partial charge in [0.25, 0.3) is 5.69 Å². The first-order valence-corrected chi connectivity index (χ1v) is 8.44. The second-order valence-corrected chi connectivity index (χ2v) is 6.19. The Balaban J connectivity index is 1.85. The first kappa shape index (κ1) is 16.7. The zero-order valence-corrected chi connectivity index (χ0v) is 14.6. The SMILES string of the molecule is Cc1ccn2c(N=Cc3cccc([N+](=O)[O-])c3)c(-c3ccccc3)nc2c1. The van der Waals surface area contributed by atoms with E-state index in [1.165, 1.54) is 12.1 Å². The molecule has 0 N–H and O–H groups in total. The number of benzene rings is 2. The molecule has 0 aliphatic rings. The van der Waals surface area contributed by atoms with Gasteiger partial charge in [-0.2, -0.15) is 0 Å². The predicted octanol–water partition coefficient (Wildman–Crippen LogP) is 4.97. The van der Waals surface area contributed by atoms with Crippen LogP contribution in [0.3, 0.4) is 0 Å². The minimum atomic E-state index is -0.413. The molecule has 0 aliphatic heterocycles. The Morgan fingerprint density at radius 1 is 1.07 bits per heavy atom. The Morgan fingerprint density at radius 2 is 1.89 bits per heavy atom. The summed E-state index contributed by atoms with van der Waals surface area (Å²) in [6, 6.07) is 20.2. The average molecular weight is 356 g/mol. The molecular formula is C21H16N4O2. The summed E-state index contributed by atoms with van der Waals surface area (Å²) in [7, 11) is 0. The number of nitrogens with zero attached hydrogens (tertiary/aromatic N) is 4. The van der Waals surface area contributed by atoms with E-state index < -0.39 is 4.92 Å². The summed E-state index contributed by atoms with van der Waals surface area (Å²) >= 11 is 0. The van der Waals surface area contributed by atoms with Crippen LogP contribution < -0.4 is 0 Å². The zero-order valence-electron chi connectivity index (χ0n) is 14.6. The fourth-order valence-corrected chi connectivity index (χ4v) is 2.90. The lowest BCUT2D eigenvalue weighted by Gasteiger charge is -2.01. The summed E-state index contributed by atoms with van der Waals surface area (Å²) in [4.78, 5) is 19.9. The van der Waals surface area contributed by atoms with Gasteiger partial charge in [-0.15, -0.1) is 0 Å². The smallest absolute Gasteiger partial charge is 0.270 e. The Bertz CT molecular complexity index is 1160. The average Bonchev–Trinajstić information content (AvgIpc) is 3.04. The van der Waals surface area contributed by atoms with Crippen molar-refractivity contribution in [2.24, 2.45) is 4.99 Å². The highest BCUT2D eigenvalue weighted by Gasteiger charge is 2.13. The van der Waals surface area contributed by atoms with Crippen LogP contribution in [0, 0.1) is 17.0 Å². The third kappa shape index (κ3) is 3.32. The number of aryl methyl sites for hydroxylation is 1. The first-order chi connectivity index (χ1) is 13.1. The molecule has 0 fully saturated rings. The van der Waals surface area contributed by atoms with Crippen LogP contribution in [0.25, 0.3) is 16.9 Å². The van der Waals surface area contributed by atoms with Crippen LogP contribution in [0.2, 0.25) is 0 Å². The van der Waals surface area contributed by atoms with Gasteiger partial charge in [0.2, 0.25) is 0 Å². The monoisotopic (exact) mass is 356 g/mol. The molecule has 4 rings (SSSR count). The number of imidazole rings is 1. The van der Waals surface area contributed by atoms with Crippen LogP contribution in [-0.2, 0) is 0 Å². The van der Waals surface area contributed by atoms with Gasteiger partial charge < -0.3 is 0 Å². The van der Waals surface area contributed by atoms with Gasteiger partial charge in [-0.3, -0.25) is 14.5 Å². The maximum absolute atomic E-state index is 11.0. The normalized spacial score (nSPS) is 11.3. The summed E-state index contributed by atoms with van der Waals surface area (Å²) in [6.07, 6.45) is 3.56. The zero-order chi connectivity index (χ0) is 18.8. The van der Waals surface area contributed by atoms with Crippen molar-refractivity contribution in [3.63, 3.8) is 0 Å². The number of nitro benzene ring substituents is 1. The van der Waals surface area contributed by atoms with Gasteiger partial charge in [-0.1, -0.05) is 42.5 Å². The fraction of sp³-hybridized carbons (Fsp3) is 0.0476. The molecule has 132 valence electrons. The number of fused-ring (bicyclic) bond motifs is 1. The van der Waals surface area contributed by atoms with Crippen LogP contribution in [-0.4, -0.2) is 20.5 Å². The van der Waals surface area contributed by atoms with Crippen LogP contribution in [0.15, 0.2) is 77.9 Å². The van der Waals surface area contributed by atoms with Crippen molar-refractivity contribution in [2.45, 2.75) is 6.92 Å². The lowest BCUT2D eigenvalue weighted by Crippen LogP contribution is -1.90. The molecule has 0 bridgehead atoms. The molecule has 0 saturated carbocycles. The number of non-ortho nitro benzene ring substituents is 1. The van der Waals surface area contributed by atoms with Crippen molar-refractivity contribution in [3.8, 4) is 11.3 Å². The summed E-state index contributed by atoms with van der Waals surface area (Å²) in [5, 5.41) is 11.0. The van der Waals surface area contributed by atoms with Gasteiger partial charge in [-0.25, -0.2) is 9.98 Å². The fourth-order valence-electron chi connectivity index (χ4n) is 2.90. The number of aromatic nitrogens is 2. The largest absolute Gasteiger partial charge is 0.284 e. The topological polar surface area (TPSA) is 72.8 Å². The molecule has 0 aliphatic carbocycles. The Hall–Kier alpha value is -3.80. The summed E-state index contributed by atoms with van der Waals surface area (Å²) in [5.41, 5.74) is 4.34. The maximum atomic E-state index is 11.0. The van der Waals surface area contributed by atoms with Gasteiger partial charge >= 0.3 is 0 Å². The highest BCUT2D eigenvalue weighted by atomic mass is 16.6. The van der Waals surface area contributed by atoms with E-state index in [-0.39, 0.29) is 5.69 Å². The van der Waals surface area contributed by atoms with Gasteiger partial charge in [0.05, 0.1) is 4.92 Å². The molecule has 0 unspecified atom stereocenters. The van der Waals surface area contributed by atoms with Gasteiger partial charge in [0, 0.05) is 30.1 Å². The van der Waals surface area contributed by atoms with Crippen LogP contribution in [0.1, 0.15) is 11.1 Å². The second-order valence-electron chi connectivity index (χ2n) is 6.19. The van der Waals surface area contributed by atoms with E-state index in [2.05, 4.69) is 4.99 Å². The number of hydrogen-bond donors (Lipinski definition) is 0. The molecule has 0 saturated heterocycles. The van der Waals surface area contributed by atoms with Gasteiger partial charge in [-0.05, 0) is 30.2 Å². The third-order valence-electron chi connectivity index (χ3n) is 4.22. The molecule has 2 heterocycles. The number of aliphatic imine (C=N–C) groups is 1. The molecule has 6 nitrogen and oxygen atoms in total.